The molecule has 0 radical (unpaired) electrons. The first-order valence-electron chi connectivity index (χ1n) is 8.57. The molecule has 1 fully saturated rings. The van der Waals surface area contributed by atoms with Gasteiger partial charge in [-0.05, 0) is 25.0 Å². The Labute approximate surface area is 150 Å². The van der Waals surface area contributed by atoms with Crippen LogP contribution in [0.25, 0.3) is 11.1 Å². The van der Waals surface area contributed by atoms with Gasteiger partial charge in [-0.1, -0.05) is 0 Å². The lowest BCUT2D eigenvalue weighted by Gasteiger charge is -2.36. The molecule has 1 amide bonds. The zero-order valence-electron chi connectivity index (χ0n) is 14.7. The minimum absolute atomic E-state index is 0.0270. The Morgan fingerprint density at radius 2 is 2.12 bits per heavy atom. The van der Waals surface area contributed by atoms with E-state index in [4.69, 9.17) is 4.42 Å². The van der Waals surface area contributed by atoms with Crippen LogP contribution in [0.5, 0.6) is 0 Å². The summed E-state index contributed by atoms with van der Waals surface area (Å²) in [5, 5.41) is 0. The molecule has 1 aliphatic rings. The monoisotopic (exact) mass is 357 g/mol. The Bertz CT molecular complexity index is 942. The summed E-state index contributed by atoms with van der Waals surface area (Å²) in [5.41, 5.74) is 1.67. The second-order valence-corrected chi connectivity index (χ2v) is 6.63. The summed E-state index contributed by atoms with van der Waals surface area (Å²) in [4.78, 5) is 24.9. The fourth-order valence-electron chi connectivity index (χ4n) is 3.38. The Balaban J connectivity index is 1.43. The lowest BCUT2D eigenvalue weighted by atomic mass is 10.0. The van der Waals surface area contributed by atoms with Crippen LogP contribution >= 0.6 is 0 Å². The number of benzene rings is 1. The molecule has 1 aromatic carbocycles. The van der Waals surface area contributed by atoms with Crippen molar-refractivity contribution in [1.82, 2.24) is 19.4 Å². The van der Waals surface area contributed by atoms with E-state index in [-0.39, 0.29) is 17.8 Å². The van der Waals surface area contributed by atoms with Gasteiger partial charge in [-0.15, -0.1) is 0 Å². The summed E-state index contributed by atoms with van der Waals surface area (Å²) in [6, 6.07) is 4.99. The largest absolute Gasteiger partial charge is 0.423 e. The number of imidazole rings is 1. The normalized spacial score (nSPS) is 15.6. The van der Waals surface area contributed by atoms with Gasteiger partial charge in [-0.3, -0.25) is 4.79 Å². The summed E-state index contributed by atoms with van der Waals surface area (Å²) >= 11 is 0. The fraction of sp³-hybridized carbons (Fsp3) is 0.389. The SMILES string of the molecule is CN(C(=O)c1cncn1C)C1CCN(c2nc3ccc(F)cc3o2)CC1. The second-order valence-electron chi connectivity index (χ2n) is 6.63. The first kappa shape index (κ1) is 16.6. The molecule has 0 saturated carbocycles. The van der Waals surface area contributed by atoms with Gasteiger partial charge < -0.3 is 18.8 Å². The number of anilines is 1. The molecule has 8 heteroatoms. The molecule has 0 unspecified atom stereocenters. The predicted octanol–water partition coefficient (Wildman–Crippen LogP) is 2.44. The van der Waals surface area contributed by atoms with E-state index in [0.717, 1.165) is 25.9 Å². The van der Waals surface area contributed by atoms with Gasteiger partial charge in [-0.25, -0.2) is 9.37 Å². The van der Waals surface area contributed by atoms with E-state index in [1.165, 1.54) is 12.1 Å². The molecule has 136 valence electrons. The van der Waals surface area contributed by atoms with E-state index in [2.05, 4.69) is 9.97 Å². The van der Waals surface area contributed by atoms with Crippen LogP contribution in [-0.2, 0) is 7.05 Å². The van der Waals surface area contributed by atoms with E-state index in [1.54, 1.807) is 28.1 Å². The maximum atomic E-state index is 13.3. The second kappa shape index (κ2) is 6.44. The number of amides is 1. The molecule has 2 aromatic heterocycles. The Morgan fingerprint density at radius 1 is 1.35 bits per heavy atom. The van der Waals surface area contributed by atoms with Crippen LogP contribution in [0, 0.1) is 5.82 Å². The van der Waals surface area contributed by atoms with Gasteiger partial charge in [-0.2, -0.15) is 4.98 Å². The highest BCUT2D eigenvalue weighted by Gasteiger charge is 2.28. The standard InChI is InChI=1S/C18H20FN5O2/c1-22-11-20-10-15(22)17(25)23(2)13-5-7-24(8-6-13)18-21-14-4-3-12(19)9-16(14)26-18/h3-4,9-11,13H,5-8H2,1-2H3. The summed E-state index contributed by atoms with van der Waals surface area (Å²) in [6.45, 7) is 1.45. The number of oxazole rings is 1. The van der Waals surface area contributed by atoms with E-state index in [9.17, 15) is 9.18 Å². The van der Waals surface area contributed by atoms with Gasteiger partial charge in [0.05, 0.1) is 12.5 Å². The Morgan fingerprint density at radius 3 is 2.81 bits per heavy atom. The number of aromatic nitrogens is 3. The van der Waals surface area contributed by atoms with Crippen molar-refractivity contribution >= 4 is 23.0 Å². The average Bonchev–Trinajstić information content (AvgIpc) is 3.26. The van der Waals surface area contributed by atoms with E-state index in [1.807, 2.05) is 19.0 Å². The van der Waals surface area contributed by atoms with Crippen molar-refractivity contribution in [1.29, 1.82) is 0 Å². The molecule has 0 N–H and O–H groups in total. The van der Waals surface area contributed by atoms with E-state index >= 15 is 0 Å². The summed E-state index contributed by atoms with van der Waals surface area (Å²) in [5.74, 6) is -0.366. The number of rotatable bonds is 3. The molecule has 0 atom stereocenters. The zero-order valence-corrected chi connectivity index (χ0v) is 14.7. The van der Waals surface area contributed by atoms with Crippen molar-refractivity contribution in [3.8, 4) is 0 Å². The van der Waals surface area contributed by atoms with Crippen LogP contribution in [0.1, 0.15) is 23.3 Å². The molecule has 3 heterocycles. The molecule has 0 spiro atoms. The van der Waals surface area contributed by atoms with E-state index in [0.29, 0.717) is 22.8 Å². The van der Waals surface area contributed by atoms with Crippen LogP contribution in [0.3, 0.4) is 0 Å². The number of fused-ring (bicyclic) bond motifs is 1. The molecule has 1 aliphatic heterocycles. The molecular weight excluding hydrogens is 337 g/mol. The molecule has 26 heavy (non-hydrogen) atoms. The summed E-state index contributed by atoms with van der Waals surface area (Å²) < 4.78 is 20.7. The number of carbonyl (C=O) groups excluding carboxylic acids is 1. The van der Waals surface area contributed by atoms with Crippen molar-refractivity contribution in [2.75, 3.05) is 25.0 Å². The van der Waals surface area contributed by atoms with Crippen LogP contribution in [-0.4, -0.2) is 51.5 Å². The minimum Gasteiger partial charge on any atom is -0.423 e. The highest BCUT2D eigenvalue weighted by atomic mass is 19.1. The third-order valence-corrected chi connectivity index (χ3v) is 4.98. The lowest BCUT2D eigenvalue weighted by Crippen LogP contribution is -2.46. The maximum absolute atomic E-state index is 13.3. The first-order valence-corrected chi connectivity index (χ1v) is 8.57. The van der Waals surface area contributed by atoms with Crippen LogP contribution in [0.15, 0.2) is 35.1 Å². The number of hydrogen-bond acceptors (Lipinski definition) is 5. The highest BCUT2D eigenvalue weighted by molar-refractivity contribution is 5.92. The molecule has 0 aliphatic carbocycles. The van der Waals surface area contributed by atoms with Gasteiger partial charge in [0, 0.05) is 39.3 Å². The van der Waals surface area contributed by atoms with Crippen molar-refractivity contribution in [3.05, 3.63) is 42.2 Å². The maximum Gasteiger partial charge on any atom is 0.298 e. The van der Waals surface area contributed by atoms with Gasteiger partial charge in [0.2, 0.25) is 0 Å². The third kappa shape index (κ3) is 2.91. The van der Waals surface area contributed by atoms with Crippen LogP contribution in [0.2, 0.25) is 0 Å². The number of nitrogens with zero attached hydrogens (tertiary/aromatic N) is 5. The highest BCUT2D eigenvalue weighted by Crippen LogP contribution is 2.26. The summed E-state index contributed by atoms with van der Waals surface area (Å²) in [6.07, 6.45) is 4.84. The van der Waals surface area contributed by atoms with Gasteiger partial charge in [0.25, 0.3) is 11.9 Å². The molecule has 1 saturated heterocycles. The molecule has 3 aromatic rings. The average molecular weight is 357 g/mol. The van der Waals surface area contributed by atoms with Crippen molar-refractivity contribution in [3.63, 3.8) is 0 Å². The predicted molar refractivity (Wildman–Crippen MR) is 94.5 cm³/mol. The minimum atomic E-state index is -0.339. The molecule has 4 rings (SSSR count). The Hall–Kier alpha value is -2.90. The third-order valence-electron chi connectivity index (χ3n) is 4.98. The first-order chi connectivity index (χ1) is 12.5. The van der Waals surface area contributed by atoms with Gasteiger partial charge in [0.15, 0.2) is 5.58 Å². The van der Waals surface area contributed by atoms with Gasteiger partial charge in [0.1, 0.15) is 17.0 Å². The number of aryl methyl sites for hydroxylation is 1. The van der Waals surface area contributed by atoms with E-state index < -0.39 is 0 Å². The van der Waals surface area contributed by atoms with Crippen LogP contribution in [0.4, 0.5) is 10.4 Å². The number of halogens is 1. The smallest absolute Gasteiger partial charge is 0.298 e. The van der Waals surface area contributed by atoms with Crippen molar-refractivity contribution in [2.45, 2.75) is 18.9 Å². The van der Waals surface area contributed by atoms with Crippen LogP contribution < -0.4 is 4.90 Å². The van der Waals surface area contributed by atoms with Gasteiger partial charge >= 0.3 is 0 Å². The number of piperidine rings is 1. The molecule has 7 nitrogen and oxygen atoms in total. The van der Waals surface area contributed by atoms with Crippen molar-refractivity contribution in [2.24, 2.45) is 7.05 Å². The molecule has 0 bridgehead atoms. The zero-order chi connectivity index (χ0) is 18.3. The fourth-order valence-corrected chi connectivity index (χ4v) is 3.38. The Kier molecular flexibility index (Phi) is 4.10. The number of carbonyl (C=O) groups is 1. The summed E-state index contributed by atoms with van der Waals surface area (Å²) in [7, 11) is 3.64. The lowest BCUT2D eigenvalue weighted by molar-refractivity contribution is 0.0699. The van der Waals surface area contributed by atoms with Crippen molar-refractivity contribution < 1.29 is 13.6 Å². The molecular formula is C18H20FN5O2. The number of hydrogen-bond donors (Lipinski definition) is 0. The quantitative estimate of drug-likeness (QED) is 0.720. The topological polar surface area (TPSA) is 67.4 Å².